The Bertz CT molecular complexity index is 778. The molecular formula is C18H19N3O2S. The number of hydrogen-bond acceptors (Lipinski definition) is 4. The molecule has 124 valence electrons. The molecule has 2 aromatic rings. The number of rotatable bonds is 4. The van der Waals surface area contributed by atoms with Crippen molar-refractivity contribution >= 4 is 35.1 Å². The summed E-state index contributed by atoms with van der Waals surface area (Å²) in [5.41, 5.74) is 1.75. The Morgan fingerprint density at radius 2 is 2.17 bits per heavy atom. The lowest BCUT2D eigenvalue weighted by atomic mass is 10.1. The Hall–Kier alpha value is -2.34. The molecule has 1 aromatic carbocycles. The van der Waals surface area contributed by atoms with Crippen LogP contribution in [-0.4, -0.2) is 29.6 Å². The Labute approximate surface area is 145 Å². The Morgan fingerprint density at radius 1 is 1.33 bits per heavy atom. The number of aryl methyl sites for hydroxylation is 1. The van der Waals surface area contributed by atoms with Crippen molar-refractivity contribution in [3.63, 3.8) is 0 Å². The van der Waals surface area contributed by atoms with E-state index in [1.807, 2.05) is 49.6 Å². The van der Waals surface area contributed by atoms with Gasteiger partial charge in [-0.15, -0.1) is 11.8 Å². The lowest BCUT2D eigenvalue weighted by molar-refractivity contribution is -0.122. The molecule has 3 rings (SSSR count). The normalized spacial score (nSPS) is 17.2. The molecule has 0 spiro atoms. The second-order valence-corrected chi connectivity index (χ2v) is 6.64. The minimum atomic E-state index is -0.364. The molecule has 0 aliphatic carbocycles. The smallest absolute Gasteiger partial charge is 0.230 e. The molecule has 0 bridgehead atoms. The van der Waals surface area contributed by atoms with Crippen LogP contribution in [-0.2, 0) is 9.59 Å². The lowest BCUT2D eigenvalue weighted by Gasteiger charge is -2.17. The SMILES string of the molecule is CSc1cccc(N2CC(C(=O)Nc3ncccc3C)CC2=O)c1. The van der Waals surface area contributed by atoms with Crippen molar-refractivity contribution in [3.8, 4) is 0 Å². The second kappa shape index (κ2) is 7.05. The topological polar surface area (TPSA) is 62.3 Å². The highest BCUT2D eigenvalue weighted by Gasteiger charge is 2.35. The molecular weight excluding hydrogens is 322 g/mol. The minimum absolute atomic E-state index is 0.0221. The summed E-state index contributed by atoms with van der Waals surface area (Å²) >= 11 is 1.63. The Balaban J connectivity index is 1.72. The third kappa shape index (κ3) is 3.43. The van der Waals surface area contributed by atoms with Crippen LogP contribution < -0.4 is 10.2 Å². The molecule has 1 atom stereocenters. The van der Waals surface area contributed by atoms with E-state index in [4.69, 9.17) is 0 Å². The third-order valence-corrected chi connectivity index (χ3v) is 4.84. The number of carbonyl (C=O) groups is 2. The van der Waals surface area contributed by atoms with E-state index < -0.39 is 0 Å². The fraction of sp³-hybridized carbons (Fsp3) is 0.278. The van der Waals surface area contributed by atoms with Gasteiger partial charge in [-0.3, -0.25) is 9.59 Å². The van der Waals surface area contributed by atoms with Crippen molar-refractivity contribution in [1.29, 1.82) is 0 Å². The summed E-state index contributed by atoms with van der Waals surface area (Å²) in [6, 6.07) is 11.5. The van der Waals surface area contributed by atoms with Crippen molar-refractivity contribution in [2.45, 2.75) is 18.2 Å². The van der Waals surface area contributed by atoms with Crippen LogP contribution in [0.5, 0.6) is 0 Å². The van der Waals surface area contributed by atoms with Crippen molar-refractivity contribution in [1.82, 2.24) is 4.98 Å². The first-order valence-electron chi connectivity index (χ1n) is 7.75. The molecule has 2 amide bonds. The summed E-state index contributed by atoms with van der Waals surface area (Å²) < 4.78 is 0. The predicted molar refractivity (Wildman–Crippen MR) is 96.3 cm³/mol. The number of hydrogen-bond donors (Lipinski definition) is 1. The van der Waals surface area contributed by atoms with Gasteiger partial charge in [0.1, 0.15) is 5.82 Å². The number of thioether (sulfide) groups is 1. The number of amides is 2. The summed E-state index contributed by atoms with van der Waals surface area (Å²) in [6.07, 6.45) is 3.86. The minimum Gasteiger partial charge on any atom is -0.312 e. The van der Waals surface area contributed by atoms with Crippen molar-refractivity contribution in [2.75, 3.05) is 23.0 Å². The zero-order valence-electron chi connectivity index (χ0n) is 13.7. The maximum atomic E-state index is 12.5. The number of nitrogens with one attached hydrogen (secondary N) is 1. The molecule has 0 saturated carbocycles. The van der Waals surface area contributed by atoms with Gasteiger partial charge in [-0.25, -0.2) is 4.98 Å². The molecule has 1 fully saturated rings. The Morgan fingerprint density at radius 3 is 2.92 bits per heavy atom. The molecule has 2 heterocycles. The van der Waals surface area contributed by atoms with E-state index in [0.717, 1.165) is 16.1 Å². The van der Waals surface area contributed by atoms with Crippen LogP contribution in [0.4, 0.5) is 11.5 Å². The van der Waals surface area contributed by atoms with Gasteiger partial charge in [-0.05, 0) is 43.0 Å². The average Bonchev–Trinajstić information content (AvgIpc) is 2.99. The lowest BCUT2D eigenvalue weighted by Crippen LogP contribution is -2.28. The van der Waals surface area contributed by atoms with Crippen molar-refractivity contribution in [2.24, 2.45) is 5.92 Å². The van der Waals surface area contributed by atoms with E-state index in [2.05, 4.69) is 10.3 Å². The fourth-order valence-corrected chi connectivity index (χ4v) is 3.20. The molecule has 6 heteroatoms. The maximum absolute atomic E-state index is 12.5. The van der Waals surface area contributed by atoms with Gasteiger partial charge in [0, 0.05) is 29.7 Å². The largest absolute Gasteiger partial charge is 0.312 e. The highest BCUT2D eigenvalue weighted by atomic mass is 32.2. The molecule has 5 nitrogen and oxygen atoms in total. The number of anilines is 2. The predicted octanol–water partition coefficient (Wildman–Crippen LogP) is 3.10. The first-order chi connectivity index (χ1) is 11.6. The molecule has 0 radical (unpaired) electrons. The van der Waals surface area contributed by atoms with Crippen molar-refractivity contribution in [3.05, 3.63) is 48.2 Å². The van der Waals surface area contributed by atoms with Crippen LogP contribution in [0.3, 0.4) is 0 Å². The zero-order valence-corrected chi connectivity index (χ0v) is 14.5. The van der Waals surface area contributed by atoms with E-state index in [0.29, 0.717) is 12.4 Å². The number of carbonyl (C=O) groups excluding carboxylic acids is 2. The van der Waals surface area contributed by atoms with E-state index in [1.165, 1.54) is 0 Å². The number of benzene rings is 1. The number of pyridine rings is 1. The summed E-state index contributed by atoms with van der Waals surface area (Å²) in [5, 5.41) is 2.83. The van der Waals surface area contributed by atoms with Gasteiger partial charge in [0.15, 0.2) is 0 Å². The van der Waals surface area contributed by atoms with Gasteiger partial charge in [0.2, 0.25) is 11.8 Å². The molecule has 1 aromatic heterocycles. The first-order valence-corrected chi connectivity index (χ1v) is 8.98. The van der Waals surface area contributed by atoms with Crippen LogP contribution in [0.25, 0.3) is 0 Å². The van der Waals surface area contributed by atoms with Gasteiger partial charge in [0.05, 0.1) is 5.92 Å². The quantitative estimate of drug-likeness (QED) is 0.868. The van der Waals surface area contributed by atoms with E-state index >= 15 is 0 Å². The fourth-order valence-electron chi connectivity index (χ4n) is 2.75. The van der Waals surface area contributed by atoms with Gasteiger partial charge < -0.3 is 10.2 Å². The third-order valence-electron chi connectivity index (χ3n) is 4.11. The molecule has 1 unspecified atom stereocenters. The molecule has 1 N–H and O–H groups in total. The summed E-state index contributed by atoms with van der Waals surface area (Å²) in [4.78, 5) is 31.8. The molecule has 1 saturated heterocycles. The number of aromatic nitrogens is 1. The van der Waals surface area contributed by atoms with E-state index in [-0.39, 0.29) is 24.2 Å². The second-order valence-electron chi connectivity index (χ2n) is 5.77. The van der Waals surface area contributed by atoms with Gasteiger partial charge >= 0.3 is 0 Å². The number of nitrogens with zero attached hydrogens (tertiary/aromatic N) is 2. The molecule has 1 aliphatic rings. The van der Waals surface area contributed by atoms with Crippen LogP contribution >= 0.6 is 11.8 Å². The molecule has 1 aliphatic heterocycles. The average molecular weight is 341 g/mol. The van der Waals surface area contributed by atoms with Gasteiger partial charge in [0.25, 0.3) is 0 Å². The summed E-state index contributed by atoms with van der Waals surface area (Å²) in [6.45, 7) is 2.29. The van der Waals surface area contributed by atoms with E-state index in [9.17, 15) is 9.59 Å². The van der Waals surface area contributed by atoms with E-state index in [1.54, 1.807) is 22.9 Å². The zero-order chi connectivity index (χ0) is 17.1. The van der Waals surface area contributed by atoms with Crippen LogP contribution in [0.1, 0.15) is 12.0 Å². The highest BCUT2D eigenvalue weighted by Crippen LogP contribution is 2.28. The van der Waals surface area contributed by atoms with Gasteiger partial charge in [-0.1, -0.05) is 12.1 Å². The van der Waals surface area contributed by atoms with Crippen LogP contribution in [0.2, 0.25) is 0 Å². The highest BCUT2D eigenvalue weighted by molar-refractivity contribution is 7.98. The van der Waals surface area contributed by atoms with Gasteiger partial charge in [-0.2, -0.15) is 0 Å². The summed E-state index contributed by atoms with van der Waals surface area (Å²) in [7, 11) is 0. The first kappa shape index (κ1) is 16.5. The monoisotopic (exact) mass is 341 g/mol. The molecule has 24 heavy (non-hydrogen) atoms. The summed E-state index contributed by atoms with van der Waals surface area (Å²) in [5.74, 6) is 0.00874. The van der Waals surface area contributed by atoms with Crippen LogP contribution in [0.15, 0.2) is 47.5 Å². The van der Waals surface area contributed by atoms with Crippen molar-refractivity contribution < 1.29 is 9.59 Å². The standard InChI is InChI=1S/C18H19N3O2S/c1-12-5-4-8-19-17(12)20-18(23)13-9-16(22)21(11-13)14-6-3-7-15(10-14)24-2/h3-8,10,13H,9,11H2,1-2H3,(H,19,20,23). The Kier molecular flexibility index (Phi) is 4.85. The van der Waals surface area contributed by atoms with Crippen LogP contribution in [0, 0.1) is 12.8 Å². The maximum Gasteiger partial charge on any atom is 0.230 e.